The van der Waals surface area contributed by atoms with Crippen LogP contribution in [0.5, 0.6) is 0 Å². The van der Waals surface area contributed by atoms with Crippen molar-refractivity contribution in [3.63, 3.8) is 0 Å². The van der Waals surface area contributed by atoms with Crippen molar-refractivity contribution in [2.24, 2.45) is 0 Å². The maximum absolute atomic E-state index is 12.8. The van der Waals surface area contributed by atoms with E-state index >= 15 is 0 Å². The molecule has 0 saturated heterocycles. The highest BCUT2D eigenvalue weighted by Gasteiger charge is 2.23. The molecule has 2 aromatic carbocycles. The molecular formula is C29H37N7O5S. The van der Waals surface area contributed by atoms with Crippen molar-refractivity contribution >= 4 is 45.0 Å². The van der Waals surface area contributed by atoms with E-state index in [-0.39, 0.29) is 29.2 Å². The van der Waals surface area contributed by atoms with E-state index in [0.29, 0.717) is 41.7 Å². The number of rotatable bonds is 15. The summed E-state index contributed by atoms with van der Waals surface area (Å²) in [5, 5.41) is 17.6. The first-order valence-corrected chi connectivity index (χ1v) is 15.6. The number of hydrogen-bond acceptors (Lipinski definition) is 9. The molecule has 13 heteroatoms. The Labute approximate surface area is 245 Å². The molecular weight excluding hydrogens is 558 g/mol. The topological polar surface area (TPSA) is 174 Å². The van der Waals surface area contributed by atoms with Crippen LogP contribution in [0.1, 0.15) is 68.1 Å². The maximum atomic E-state index is 12.8. The highest BCUT2D eigenvalue weighted by Crippen LogP contribution is 2.23. The van der Waals surface area contributed by atoms with Crippen LogP contribution in [0, 0.1) is 0 Å². The number of aromatic nitrogens is 2. The third-order valence-electron chi connectivity index (χ3n) is 6.89. The van der Waals surface area contributed by atoms with Crippen LogP contribution in [0.25, 0.3) is 0 Å². The molecule has 1 aliphatic rings. The zero-order chi connectivity index (χ0) is 29.8. The number of anilines is 4. The molecule has 1 heterocycles. The third-order valence-corrected chi connectivity index (χ3v) is 8.41. The predicted octanol–water partition coefficient (Wildman–Crippen LogP) is 4.37. The minimum absolute atomic E-state index is 0.0118. The molecule has 0 bridgehead atoms. The molecule has 1 aliphatic carbocycles. The molecule has 1 fully saturated rings. The first kappa shape index (κ1) is 30.9. The number of carbonyl (C=O) groups excluding carboxylic acids is 2. The fourth-order valence-corrected chi connectivity index (χ4v) is 6.02. The molecule has 1 saturated carbocycles. The van der Waals surface area contributed by atoms with E-state index in [0.717, 1.165) is 44.9 Å². The number of unbranched alkanes of at least 4 members (excludes halogenated alkanes) is 3. The van der Waals surface area contributed by atoms with E-state index < -0.39 is 10.0 Å². The number of hydroxylamine groups is 1. The van der Waals surface area contributed by atoms with Crippen LogP contribution in [0.4, 0.5) is 23.1 Å². The maximum Gasteiger partial charge on any atom is 0.251 e. The van der Waals surface area contributed by atoms with E-state index in [2.05, 4.69) is 30.6 Å². The molecule has 42 heavy (non-hydrogen) atoms. The molecule has 6 N–H and O–H groups in total. The first-order valence-electron chi connectivity index (χ1n) is 14.1. The van der Waals surface area contributed by atoms with Crippen LogP contribution in [0.2, 0.25) is 0 Å². The van der Waals surface area contributed by atoms with Crippen molar-refractivity contribution in [3.05, 3.63) is 66.4 Å². The molecule has 0 radical (unpaired) electrons. The quantitative estimate of drug-likeness (QED) is 0.0847. The Balaban J connectivity index is 1.26. The van der Waals surface area contributed by atoms with Crippen molar-refractivity contribution in [2.45, 2.75) is 68.7 Å². The molecule has 4 rings (SSSR count). The molecule has 2 amide bonds. The number of hydrogen-bond donors (Lipinski definition) is 6. The second kappa shape index (κ2) is 15.2. The summed E-state index contributed by atoms with van der Waals surface area (Å²) in [4.78, 5) is 32.3. The van der Waals surface area contributed by atoms with Crippen LogP contribution in [0.3, 0.4) is 0 Å². The van der Waals surface area contributed by atoms with Crippen molar-refractivity contribution in [1.29, 1.82) is 0 Å². The average molecular weight is 596 g/mol. The van der Waals surface area contributed by atoms with Gasteiger partial charge in [-0.25, -0.2) is 23.6 Å². The Morgan fingerprint density at radius 3 is 2.43 bits per heavy atom. The molecule has 0 spiro atoms. The first-order chi connectivity index (χ1) is 20.3. The van der Waals surface area contributed by atoms with E-state index in [4.69, 9.17) is 5.21 Å². The standard InChI is InChI=1S/C29H37N7O5S/c37-27(35-39)12-3-1-2-6-18-30-28(38)21-13-15-22(16-14-21)33-29-31-19-17-26(34-29)32-24-10-7-11-25(20-24)42(40,41)36-23-8-4-5-9-23/h7,10-11,13-17,19-20,23,36,39H,1-6,8-9,12,18H2,(H,30,38)(H,35,37)(H2,31,32,33,34). The van der Waals surface area contributed by atoms with Gasteiger partial charge in [-0.15, -0.1) is 0 Å². The lowest BCUT2D eigenvalue weighted by molar-refractivity contribution is -0.129. The van der Waals surface area contributed by atoms with Gasteiger partial charge in [0.1, 0.15) is 5.82 Å². The van der Waals surface area contributed by atoms with Gasteiger partial charge in [0.25, 0.3) is 5.91 Å². The second-order valence-corrected chi connectivity index (χ2v) is 11.9. The highest BCUT2D eigenvalue weighted by atomic mass is 32.2. The Morgan fingerprint density at radius 2 is 1.67 bits per heavy atom. The number of sulfonamides is 1. The fourth-order valence-electron chi connectivity index (χ4n) is 4.67. The molecule has 1 aromatic heterocycles. The molecule has 0 atom stereocenters. The molecule has 3 aromatic rings. The molecule has 0 aliphatic heterocycles. The van der Waals surface area contributed by atoms with Crippen LogP contribution in [-0.4, -0.2) is 48.0 Å². The average Bonchev–Trinajstić information content (AvgIpc) is 3.49. The van der Waals surface area contributed by atoms with Crippen LogP contribution in [0.15, 0.2) is 65.7 Å². The Morgan fingerprint density at radius 1 is 0.905 bits per heavy atom. The number of carbonyl (C=O) groups is 2. The summed E-state index contributed by atoms with van der Waals surface area (Å²) < 4.78 is 28.5. The van der Waals surface area contributed by atoms with Crippen molar-refractivity contribution in [2.75, 3.05) is 17.2 Å². The zero-order valence-corrected chi connectivity index (χ0v) is 24.1. The van der Waals surface area contributed by atoms with Gasteiger partial charge in [-0.3, -0.25) is 14.8 Å². The number of nitrogens with zero attached hydrogens (tertiary/aromatic N) is 2. The normalized spacial score (nSPS) is 13.5. The summed E-state index contributed by atoms with van der Waals surface area (Å²) >= 11 is 0. The minimum Gasteiger partial charge on any atom is -0.352 e. The summed E-state index contributed by atoms with van der Waals surface area (Å²) in [6.07, 6.45) is 8.87. The second-order valence-electron chi connectivity index (χ2n) is 10.2. The number of amides is 2. The van der Waals surface area contributed by atoms with Crippen LogP contribution in [-0.2, 0) is 14.8 Å². The number of benzene rings is 2. The Kier molecular flexibility index (Phi) is 11.2. The summed E-state index contributed by atoms with van der Waals surface area (Å²) in [7, 11) is -3.61. The van der Waals surface area contributed by atoms with Gasteiger partial charge in [-0.1, -0.05) is 31.7 Å². The summed E-state index contributed by atoms with van der Waals surface area (Å²) in [6.45, 7) is 0.532. The van der Waals surface area contributed by atoms with E-state index in [1.165, 1.54) is 0 Å². The monoisotopic (exact) mass is 595 g/mol. The zero-order valence-electron chi connectivity index (χ0n) is 23.3. The summed E-state index contributed by atoms with van der Waals surface area (Å²) in [5.41, 5.74) is 3.41. The van der Waals surface area contributed by atoms with Gasteiger partial charge < -0.3 is 16.0 Å². The largest absolute Gasteiger partial charge is 0.352 e. The van der Waals surface area contributed by atoms with Crippen molar-refractivity contribution in [3.8, 4) is 0 Å². The van der Waals surface area contributed by atoms with Gasteiger partial charge in [-0.05, 0) is 74.2 Å². The van der Waals surface area contributed by atoms with Gasteiger partial charge in [-0.2, -0.15) is 4.98 Å². The molecule has 0 unspecified atom stereocenters. The smallest absolute Gasteiger partial charge is 0.251 e. The molecule has 12 nitrogen and oxygen atoms in total. The Bertz CT molecular complexity index is 1440. The van der Waals surface area contributed by atoms with E-state index in [9.17, 15) is 18.0 Å². The minimum atomic E-state index is -3.61. The highest BCUT2D eigenvalue weighted by molar-refractivity contribution is 7.89. The van der Waals surface area contributed by atoms with Gasteiger partial charge in [0, 0.05) is 42.1 Å². The summed E-state index contributed by atoms with van der Waals surface area (Å²) in [5.74, 6) is 0.255. The van der Waals surface area contributed by atoms with Crippen molar-refractivity contribution < 1.29 is 23.2 Å². The van der Waals surface area contributed by atoms with Gasteiger partial charge in [0.2, 0.25) is 21.9 Å². The van der Waals surface area contributed by atoms with Crippen molar-refractivity contribution in [1.82, 2.24) is 25.5 Å². The lowest BCUT2D eigenvalue weighted by Gasteiger charge is -2.14. The molecule has 224 valence electrons. The Hall–Kier alpha value is -4.07. The van der Waals surface area contributed by atoms with Gasteiger partial charge in [0.05, 0.1) is 4.90 Å². The fraction of sp³-hybridized carbons (Fsp3) is 0.379. The van der Waals surface area contributed by atoms with Crippen LogP contribution < -0.4 is 26.2 Å². The van der Waals surface area contributed by atoms with E-state index in [1.807, 2.05) is 0 Å². The van der Waals surface area contributed by atoms with E-state index in [1.54, 1.807) is 66.3 Å². The predicted molar refractivity (Wildman–Crippen MR) is 159 cm³/mol. The van der Waals surface area contributed by atoms with Gasteiger partial charge >= 0.3 is 0 Å². The van der Waals surface area contributed by atoms with Crippen LogP contribution >= 0.6 is 0 Å². The number of nitrogens with one attached hydrogen (secondary N) is 5. The lowest BCUT2D eigenvalue weighted by atomic mass is 10.1. The summed E-state index contributed by atoms with van der Waals surface area (Å²) in [6, 6.07) is 15.2. The van der Waals surface area contributed by atoms with Gasteiger partial charge in [0.15, 0.2) is 0 Å². The SMILES string of the molecule is O=C(CCCCCCNC(=O)c1ccc(Nc2nccc(Nc3cccc(S(=O)(=O)NC4CCCC4)c3)n2)cc1)NO. The third kappa shape index (κ3) is 9.50. The lowest BCUT2D eigenvalue weighted by Crippen LogP contribution is -2.32.